The molecule has 4 aromatic rings. The summed E-state index contributed by atoms with van der Waals surface area (Å²) in [4.78, 5) is 30.0. The van der Waals surface area contributed by atoms with E-state index < -0.39 is 0 Å². The Morgan fingerprint density at radius 2 is 2.14 bits per heavy atom. The predicted octanol–water partition coefficient (Wildman–Crippen LogP) is 3.10. The lowest BCUT2D eigenvalue weighted by atomic mass is 10.3. The molecule has 0 aliphatic heterocycles. The number of nitrogens with one attached hydrogen (secondary N) is 2. The second kappa shape index (κ2) is 9.13. The Morgan fingerprint density at radius 3 is 2.83 bits per heavy atom. The zero-order valence-corrected chi connectivity index (χ0v) is 17.1. The number of aromatic amines is 1. The molecule has 4 heterocycles. The fourth-order valence-electron chi connectivity index (χ4n) is 2.21. The first-order valence-electron chi connectivity index (χ1n) is 8.20. The van der Waals surface area contributed by atoms with Gasteiger partial charge in [-0.05, 0) is 36.0 Å². The van der Waals surface area contributed by atoms with E-state index in [2.05, 4.69) is 35.5 Å². The Labute approximate surface area is 177 Å². The number of hydrogen-bond acceptors (Lipinski definition) is 10. The second-order valence-corrected chi connectivity index (χ2v) is 8.45. The van der Waals surface area contributed by atoms with Gasteiger partial charge in [-0.15, -0.1) is 21.5 Å². The van der Waals surface area contributed by atoms with Gasteiger partial charge < -0.3 is 10.1 Å². The molecule has 3 N–H and O–H groups in total. The van der Waals surface area contributed by atoms with Crippen molar-refractivity contribution in [3.8, 4) is 0 Å². The minimum atomic E-state index is -0.359. The van der Waals surface area contributed by atoms with E-state index >= 15 is 0 Å². The fraction of sp³-hybridized carbons (Fsp3) is 0.0588. The summed E-state index contributed by atoms with van der Waals surface area (Å²) in [6.07, 6.45) is 4.75. The first kappa shape index (κ1) is 19.5. The Morgan fingerprint density at radius 1 is 1.21 bits per heavy atom. The molecule has 29 heavy (non-hydrogen) atoms. The minimum absolute atomic E-state index is 0.123. The third kappa shape index (κ3) is 4.98. The van der Waals surface area contributed by atoms with Crippen LogP contribution in [0.4, 0.5) is 5.13 Å². The molecule has 0 aromatic carbocycles. The Balaban J connectivity index is 1.63. The van der Waals surface area contributed by atoms with Gasteiger partial charge in [-0.25, -0.2) is 9.97 Å². The van der Waals surface area contributed by atoms with E-state index in [1.54, 1.807) is 23.8 Å². The first-order chi connectivity index (χ1) is 14.2. The summed E-state index contributed by atoms with van der Waals surface area (Å²) in [5.74, 6) is -0.359. The zero-order valence-electron chi connectivity index (χ0n) is 14.6. The van der Waals surface area contributed by atoms with E-state index in [9.17, 15) is 4.79 Å². The van der Waals surface area contributed by atoms with E-state index in [0.29, 0.717) is 25.9 Å². The molecule has 0 saturated heterocycles. The summed E-state index contributed by atoms with van der Waals surface area (Å²) in [7, 11) is 0. The van der Waals surface area contributed by atoms with Crippen LogP contribution in [0.2, 0.25) is 0 Å². The molecule has 4 rings (SSSR count). The average molecular weight is 444 g/mol. The highest BCUT2D eigenvalue weighted by Gasteiger charge is 2.18. The van der Waals surface area contributed by atoms with Crippen molar-refractivity contribution in [2.45, 2.75) is 26.6 Å². The van der Waals surface area contributed by atoms with Crippen molar-refractivity contribution < 1.29 is 9.90 Å². The molecule has 1 amide bonds. The molecule has 12 heteroatoms. The first-order valence-corrected chi connectivity index (χ1v) is 10.7. The Kier molecular flexibility index (Phi) is 6.14. The van der Waals surface area contributed by atoms with Gasteiger partial charge in [0.2, 0.25) is 0 Å². The van der Waals surface area contributed by atoms with Crippen LogP contribution in [0.5, 0.6) is 0 Å². The summed E-state index contributed by atoms with van der Waals surface area (Å²) < 4.78 is 0. The van der Waals surface area contributed by atoms with Crippen molar-refractivity contribution in [1.29, 1.82) is 0 Å². The van der Waals surface area contributed by atoms with E-state index in [1.165, 1.54) is 41.2 Å². The van der Waals surface area contributed by atoms with Crippen LogP contribution < -0.4 is 5.32 Å². The topological polar surface area (TPSA) is 130 Å². The van der Waals surface area contributed by atoms with Gasteiger partial charge in [-0.2, -0.15) is 0 Å². The normalized spacial score (nSPS) is 10.8. The summed E-state index contributed by atoms with van der Waals surface area (Å²) >= 11 is 3.96. The van der Waals surface area contributed by atoms with Crippen molar-refractivity contribution in [3.63, 3.8) is 0 Å². The van der Waals surface area contributed by atoms with Crippen molar-refractivity contribution in [2.24, 2.45) is 0 Å². The highest BCUT2D eigenvalue weighted by molar-refractivity contribution is 7.99. The second-order valence-electron chi connectivity index (χ2n) is 5.43. The van der Waals surface area contributed by atoms with Gasteiger partial charge >= 0.3 is 0 Å². The number of aromatic nitrogens is 6. The smallest absolute Gasteiger partial charge is 0.277 e. The minimum Gasteiger partial charge on any atom is -0.390 e. The maximum absolute atomic E-state index is 12.9. The summed E-state index contributed by atoms with van der Waals surface area (Å²) in [6.45, 7) is -0.123. The highest BCUT2D eigenvalue weighted by atomic mass is 32.2. The maximum atomic E-state index is 12.9. The summed E-state index contributed by atoms with van der Waals surface area (Å²) in [5.41, 5.74) is 0.842. The predicted molar refractivity (Wildman–Crippen MR) is 109 cm³/mol. The summed E-state index contributed by atoms with van der Waals surface area (Å²) in [6, 6.07) is 7.21. The fourth-order valence-corrected chi connectivity index (χ4v) is 4.27. The van der Waals surface area contributed by atoms with Gasteiger partial charge in [-0.3, -0.25) is 15.1 Å². The van der Waals surface area contributed by atoms with Crippen LogP contribution in [0.25, 0.3) is 0 Å². The van der Waals surface area contributed by atoms with Gasteiger partial charge in [0.25, 0.3) is 5.91 Å². The molecule has 0 unspecified atom stereocenters. The molecule has 0 aliphatic carbocycles. The van der Waals surface area contributed by atoms with Gasteiger partial charge in [0, 0.05) is 27.6 Å². The number of H-pyrrole nitrogens is 1. The third-order valence-corrected chi connectivity index (χ3v) is 6.03. The number of amides is 1. The molecule has 0 saturated carbocycles. The van der Waals surface area contributed by atoms with Crippen molar-refractivity contribution in [3.05, 3.63) is 59.8 Å². The number of thiazole rings is 1. The van der Waals surface area contributed by atoms with Crippen LogP contribution in [0.3, 0.4) is 0 Å². The number of hydrogen-bond donors (Lipinski definition) is 3. The lowest BCUT2D eigenvalue weighted by Crippen LogP contribution is -2.15. The van der Waals surface area contributed by atoms with Gasteiger partial charge in [0.15, 0.2) is 10.3 Å². The van der Waals surface area contributed by atoms with Crippen LogP contribution >= 0.6 is 34.9 Å². The Bertz CT molecular complexity index is 1090. The standard InChI is InChI=1S/C17H13N7O2S3/c25-8-10-1-2-11(7-19-10)28-12-3-4-13(29-17-20-9-21-24-17)22-14(12)15(26)23-16-18-5-6-27-16/h1-7,9,25H,8H2,(H,18,23,26)(H,20,21,24). The van der Waals surface area contributed by atoms with Gasteiger partial charge in [0.05, 0.1) is 12.3 Å². The maximum Gasteiger partial charge on any atom is 0.277 e. The zero-order chi connectivity index (χ0) is 20.1. The molecule has 0 spiro atoms. The number of aliphatic hydroxyl groups excluding tert-OH is 1. The van der Waals surface area contributed by atoms with E-state index in [0.717, 1.165) is 4.90 Å². The third-order valence-electron chi connectivity index (χ3n) is 3.48. The quantitative estimate of drug-likeness (QED) is 0.394. The molecule has 0 aliphatic rings. The molecule has 0 bridgehead atoms. The van der Waals surface area contributed by atoms with Crippen LogP contribution in [-0.2, 0) is 6.61 Å². The SMILES string of the molecule is O=C(Nc1nccs1)c1nc(Sc2nnc[nH]2)ccc1Sc1ccc(CO)nc1. The molecule has 9 nitrogen and oxygen atoms in total. The molecule has 0 fully saturated rings. The van der Waals surface area contributed by atoms with E-state index in [-0.39, 0.29) is 18.2 Å². The number of carbonyl (C=O) groups is 1. The van der Waals surface area contributed by atoms with Crippen LogP contribution in [0.15, 0.2) is 68.3 Å². The van der Waals surface area contributed by atoms with Gasteiger partial charge in [-0.1, -0.05) is 11.8 Å². The molecular weight excluding hydrogens is 430 g/mol. The van der Waals surface area contributed by atoms with Crippen LogP contribution in [-0.4, -0.2) is 41.1 Å². The largest absolute Gasteiger partial charge is 0.390 e. The van der Waals surface area contributed by atoms with E-state index in [1.807, 2.05) is 18.2 Å². The molecule has 0 radical (unpaired) electrons. The highest BCUT2D eigenvalue weighted by Crippen LogP contribution is 2.32. The van der Waals surface area contributed by atoms with Crippen LogP contribution in [0.1, 0.15) is 16.2 Å². The number of nitrogens with zero attached hydrogens (tertiary/aromatic N) is 5. The number of anilines is 1. The lowest BCUT2D eigenvalue weighted by Gasteiger charge is -2.10. The summed E-state index contributed by atoms with van der Waals surface area (Å²) in [5, 5.41) is 23.0. The van der Waals surface area contributed by atoms with Crippen molar-refractivity contribution in [1.82, 2.24) is 30.1 Å². The van der Waals surface area contributed by atoms with Crippen molar-refractivity contribution >= 4 is 45.9 Å². The number of carbonyl (C=O) groups excluding carboxylic acids is 1. The van der Waals surface area contributed by atoms with Crippen molar-refractivity contribution in [2.75, 3.05) is 5.32 Å². The van der Waals surface area contributed by atoms with Gasteiger partial charge in [0.1, 0.15) is 17.0 Å². The van der Waals surface area contributed by atoms with E-state index in [4.69, 9.17) is 5.11 Å². The number of pyridine rings is 2. The Hall–Kier alpha value is -2.80. The molecule has 4 aromatic heterocycles. The molecule has 146 valence electrons. The number of aliphatic hydroxyl groups is 1. The molecular formula is C17H13N7O2S3. The average Bonchev–Trinajstić information content (AvgIpc) is 3.44. The number of rotatable bonds is 7. The lowest BCUT2D eigenvalue weighted by molar-refractivity contribution is 0.101. The molecule has 0 atom stereocenters. The van der Waals surface area contributed by atoms with Crippen LogP contribution in [0, 0.1) is 0 Å². The monoisotopic (exact) mass is 443 g/mol.